The van der Waals surface area contributed by atoms with Gasteiger partial charge in [0.1, 0.15) is 23.9 Å². The van der Waals surface area contributed by atoms with Gasteiger partial charge in [0.25, 0.3) is 5.56 Å². The summed E-state index contributed by atoms with van der Waals surface area (Å²) in [4.78, 5) is 24.8. The van der Waals surface area contributed by atoms with Crippen molar-refractivity contribution in [2.24, 2.45) is 0 Å². The quantitative estimate of drug-likeness (QED) is 0.907. The number of rotatable bonds is 5. The van der Waals surface area contributed by atoms with Crippen molar-refractivity contribution in [3.8, 4) is 11.8 Å². The average molecular weight is 337 g/mol. The highest BCUT2D eigenvalue weighted by atomic mass is 16.5. The number of benzene rings is 1. The molecule has 1 aliphatic carbocycles. The zero-order chi connectivity index (χ0) is 17.8. The molecule has 0 radical (unpaired) electrons. The summed E-state index contributed by atoms with van der Waals surface area (Å²) in [5.41, 5.74) is 2.19. The van der Waals surface area contributed by atoms with Crippen molar-refractivity contribution in [1.82, 2.24) is 4.57 Å². The van der Waals surface area contributed by atoms with E-state index >= 15 is 0 Å². The molecule has 0 atom stereocenters. The summed E-state index contributed by atoms with van der Waals surface area (Å²) in [6, 6.07) is 10.6. The molecule has 0 saturated carbocycles. The minimum Gasteiger partial charge on any atom is -0.494 e. The molecule has 25 heavy (non-hydrogen) atoms. The van der Waals surface area contributed by atoms with Gasteiger partial charge in [-0.1, -0.05) is 0 Å². The van der Waals surface area contributed by atoms with E-state index in [1.807, 2.05) is 13.0 Å². The number of fused-ring (bicyclic) bond motifs is 1. The van der Waals surface area contributed by atoms with E-state index in [0.29, 0.717) is 12.3 Å². The molecule has 0 unspecified atom stereocenters. The zero-order valence-corrected chi connectivity index (χ0v) is 14.0. The molecule has 6 nitrogen and oxygen atoms in total. The SMILES string of the molecule is CCOc1ccc(NC(=O)Cn2c3c(cc(C#N)c2=O)CCC3)cc1. The zero-order valence-electron chi connectivity index (χ0n) is 14.0. The van der Waals surface area contributed by atoms with Crippen LogP contribution in [0.1, 0.15) is 30.2 Å². The fourth-order valence-corrected chi connectivity index (χ4v) is 3.11. The van der Waals surface area contributed by atoms with Crippen molar-refractivity contribution in [3.63, 3.8) is 0 Å². The van der Waals surface area contributed by atoms with Crippen LogP contribution in [0.3, 0.4) is 0 Å². The number of nitrogens with one attached hydrogen (secondary N) is 1. The molecule has 0 aliphatic heterocycles. The third kappa shape index (κ3) is 3.56. The first-order chi connectivity index (χ1) is 12.1. The summed E-state index contributed by atoms with van der Waals surface area (Å²) in [5.74, 6) is 0.437. The number of carbonyl (C=O) groups excluding carboxylic acids is 1. The van der Waals surface area contributed by atoms with Crippen LogP contribution in [0, 0.1) is 11.3 Å². The number of ether oxygens (including phenoxy) is 1. The van der Waals surface area contributed by atoms with Crippen LogP contribution in [0.25, 0.3) is 0 Å². The Hall–Kier alpha value is -3.07. The molecular weight excluding hydrogens is 318 g/mol. The van der Waals surface area contributed by atoms with Gasteiger partial charge >= 0.3 is 0 Å². The van der Waals surface area contributed by atoms with E-state index in [0.717, 1.165) is 36.3 Å². The number of aromatic nitrogens is 1. The maximum atomic E-state index is 12.4. The Morgan fingerprint density at radius 3 is 2.76 bits per heavy atom. The first kappa shape index (κ1) is 16.8. The van der Waals surface area contributed by atoms with E-state index in [2.05, 4.69) is 5.32 Å². The number of aryl methyl sites for hydroxylation is 1. The van der Waals surface area contributed by atoms with E-state index < -0.39 is 5.56 Å². The van der Waals surface area contributed by atoms with Crippen LogP contribution < -0.4 is 15.6 Å². The summed E-state index contributed by atoms with van der Waals surface area (Å²) in [6.45, 7) is 2.39. The van der Waals surface area contributed by atoms with Crippen LogP contribution >= 0.6 is 0 Å². The smallest absolute Gasteiger partial charge is 0.269 e. The van der Waals surface area contributed by atoms with Gasteiger partial charge in [-0.2, -0.15) is 5.26 Å². The maximum Gasteiger partial charge on any atom is 0.269 e. The van der Waals surface area contributed by atoms with Crippen LogP contribution in [0.2, 0.25) is 0 Å². The highest BCUT2D eigenvalue weighted by Gasteiger charge is 2.20. The van der Waals surface area contributed by atoms with Crippen molar-refractivity contribution in [1.29, 1.82) is 5.26 Å². The normalized spacial score (nSPS) is 12.3. The number of anilines is 1. The largest absolute Gasteiger partial charge is 0.494 e. The second-order valence-electron chi connectivity index (χ2n) is 5.89. The minimum absolute atomic E-state index is 0.0921. The van der Waals surface area contributed by atoms with Gasteiger partial charge in [-0.25, -0.2) is 0 Å². The molecule has 1 aromatic carbocycles. The summed E-state index contributed by atoms with van der Waals surface area (Å²) in [5, 5.41) is 11.9. The van der Waals surface area contributed by atoms with E-state index in [1.165, 1.54) is 4.57 Å². The summed E-state index contributed by atoms with van der Waals surface area (Å²) in [7, 11) is 0. The van der Waals surface area contributed by atoms with Gasteiger partial charge in [-0.05, 0) is 62.1 Å². The highest BCUT2D eigenvalue weighted by molar-refractivity contribution is 5.90. The topological polar surface area (TPSA) is 84.1 Å². The Labute approximate surface area is 145 Å². The molecule has 1 amide bonds. The second-order valence-corrected chi connectivity index (χ2v) is 5.89. The van der Waals surface area contributed by atoms with Crippen LogP contribution in [0.15, 0.2) is 35.1 Å². The van der Waals surface area contributed by atoms with Crippen LogP contribution in [0.4, 0.5) is 5.69 Å². The van der Waals surface area contributed by atoms with Gasteiger partial charge in [0.05, 0.1) is 6.61 Å². The Morgan fingerprint density at radius 2 is 2.08 bits per heavy atom. The molecular formula is C19H19N3O3. The van der Waals surface area contributed by atoms with Gasteiger partial charge in [0.15, 0.2) is 0 Å². The van der Waals surface area contributed by atoms with Crippen molar-refractivity contribution in [2.45, 2.75) is 32.7 Å². The number of carbonyl (C=O) groups is 1. The lowest BCUT2D eigenvalue weighted by Crippen LogP contribution is -2.31. The Bertz CT molecular complexity index is 892. The maximum absolute atomic E-state index is 12.4. The monoisotopic (exact) mass is 337 g/mol. The molecule has 3 rings (SSSR count). The fraction of sp³-hybridized carbons (Fsp3) is 0.316. The third-order valence-electron chi connectivity index (χ3n) is 4.22. The summed E-state index contributed by atoms with van der Waals surface area (Å²) in [6.07, 6.45) is 2.53. The van der Waals surface area contributed by atoms with Gasteiger partial charge in [0, 0.05) is 11.4 Å². The molecule has 128 valence electrons. The fourth-order valence-electron chi connectivity index (χ4n) is 3.11. The standard InChI is InChI=1S/C19H19N3O3/c1-2-25-16-8-6-15(7-9-16)21-18(23)12-22-17-5-3-4-13(17)10-14(11-20)19(22)24/h6-10H,2-5,12H2,1H3,(H,21,23). The summed E-state index contributed by atoms with van der Waals surface area (Å²) >= 11 is 0. The van der Waals surface area contributed by atoms with Gasteiger partial charge in [-0.15, -0.1) is 0 Å². The first-order valence-electron chi connectivity index (χ1n) is 8.30. The number of nitriles is 1. The molecule has 1 heterocycles. The van der Waals surface area contributed by atoms with Crippen molar-refractivity contribution in [3.05, 3.63) is 57.5 Å². The lowest BCUT2D eigenvalue weighted by Gasteiger charge is -2.13. The van der Waals surface area contributed by atoms with Crippen molar-refractivity contribution >= 4 is 11.6 Å². The van der Waals surface area contributed by atoms with Gasteiger partial charge < -0.3 is 14.6 Å². The molecule has 0 spiro atoms. The number of pyridine rings is 1. The number of hydrogen-bond acceptors (Lipinski definition) is 4. The van der Waals surface area contributed by atoms with E-state index in [1.54, 1.807) is 30.3 Å². The predicted octanol–water partition coefficient (Wildman–Crippen LogP) is 2.25. The number of nitrogens with zero attached hydrogens (tertiary/aromatic N) is 2. The van der Waals surface area contributed by atoms with Crippen LogP contribution in [-0.4, -0.2) is 17.1 Å². The lowest BCUT2D eigenvalue weighted by molar-refractivity contribution is -0.116. The van der Waals surface area contributed by atoms with E-state index in [9.17, 15) is 9.59 Å². The number of hydrogen-bond donors (Lipinski definition) is 1. The molecule has 0 saturated heterocycles. The van der Waals surface area contributed by atoms with Crippen molar-refractivity contribution in [2.75, 3.05) is 11.9 Å². The average Bonchev–Trinajstić information content (AvgIpc) is 3.07. The number of amides is 1. The van der Waals surface area contributed by atoms with Crippen molar-refractivity contribution < 1.29 is 9.53 Å². The first-order valence-corrected chi connectivity index (χ1v) is 8.30. The van der Waals surface area contributed by atoms with E-state index in [-0.39, 0.29) is 18.0 Å². The van der Waals surface area contributed by atoms with E-state index in [4.69, 9.17) is 10.00 Å². The second kappa shape index (κ2) is 7.22. The molecule has 1 aliphatic rings. The molecule has 0 fully saturated rings. The van der Waals surface area contributed by atoms with Gasteiger partial charge in [0.2, 0.25) is 5.91 Å². The minimum atomic E-state index is -0.398. The molecule has 0 bridgehead atoms. The Kier molecular flexibility index (Phi) is 4.85. The third-order valence-corrected chi connectivity index (χ3v) is 4.22. The molecule has 6 heteroatoms. The van der Waals surface area contributed by atoms with Crippen LogP contribution in [-0.2, 0) is 24.2 Å². The Balaban J connectivity index is 1.78. The molecule has 2 aromatic rings. The predicted molar refractivity (Wildman–Crippen MR) is 93.7 cm³/mol. The molecule has 1 N–H and O–H groups in total. The Morgan fingerprint density at radius 1 is 1.32 bits per heavy atom. The summed E-state index contributed by atoms with van der Waals surface area (Å²) < 4.78 is 6.80. The lowest BCUT2D eigenvalue weighted by atomic mass is 10.1. The van der Waals surface area contributed by atoms with Crippen LogP contribution in [0.5, 0.6) is 5.75 Å². The highest BCUT2D eigenvalue weighted by Crippen LogP contribution is 2.21. The molecule has 1 aromatic heterocycles. The van der Waals surface area contributed by atoms with Gasteiger partial charge in [-0.3, -0.25) is 9.59 Å².